The standard InChI is InChI=1S/C24H27N5O6/c1-3-35-18-10-6-16(7-11-18)19(12-21(31)32)27-20(30)14-29-22(33)24(2,28-23(29)34)17-8-4-15(5-9-17)13-26-25/h4-11,13,19H,3,12,14,25H2,1-2H3,(H,27,30)(H,28,34)(H,31,32). The maximum Gasteiger partial charge on any atom is 0.325 e. The van der Waals surface area contributed by atoms with Crippen molar-refractivity contribution in [1.29, 1.82) is 0 Å². The maximum absolute atomic E-state index is 13.1. The number of hydrogen-bond donors (Lipinski definition) is 4. The molecule has 35 heavy (non-hydrogen) atoms. The summed E-state index contributed by atoms with van der Waals surface area (Å²) in [5, 5.41) is 18.0. The van der Waals surface area contributed by atoms with Gasteiger partial charge in [-0.05, 0) is 42.7 Å². The highest BCUT2D eigenvalue weighted by Crippen LogP contribution is 2.29. The van der Waals surface area contributed by atoms with Gasteiger partial charge in [0.25, 0.3) is 5.91 Å². The van der Waals surface area contributed by atoms with Gasteiger partial charge in [0, 0.05) is 0 Å². The van der Waals surface area contributed by atoms with Crippen molar-refractivity contribution < 1.29 is 29.0 Å². The molecule has 1 heterocycles. The smallest absolute Gasteiger partial charge is 0.325 e. The minimum absolute atomic E-state index is 0.379. The van der Waals surface area contributed by atoms with Crippen LogP contribution in [0, 0.1) is 0 Å². The fourth-order valence-electron chi connectivity index (χ4n) is 3.80. The number of hydrogen-bond acceptors (Lipinski definition) is 7. The minimum atomic E-state index is -1.37. The molecule has 2 aromatic carbocycles. The second-order valence-corrected chi connectivity index (χ2v) is 8.07. The summed E-state index contributed by atoms with van der Waals surface area (Å²) in [6, 6.07) is 11.8. The van der Waals surface area contributed by atoms with Crippen molar-refractivity contribution in [2.24, 2.45) is 10.9 Å². The molecule has 1 aliphatic rings. The van der Waals surface area contributed by atoms with Gasteiger partial charge in [0.15, 0.2) is 0 Å². The first-order chi connectivity index (χ1) is 16.7. The number of benzene rings is 2. The molecular formula is C24H27N5O6. The predicted molar refractivity (Wildman–Crippen MR) is 127 cm³/mol. The van der Waals surface area contributed by atoms with Crippen molar-refractivity contribution in [1.82, 2.24) is 15.5 Å². The Morgan fingerprint density at radius 3 is 2.43 bits per heavy atom. The lowest BCUT2D eigenvalue weighted by Gasteiger charge is -2.23. The molecule has 0 aliphatic carbocycles. The van der Waals surface area contributed by atoms with Crippen LogP contribution in [0.15, 0.2) is 53.6 Å². The molecule has 11 heteroatoms. The lowest BCUT2D eigenvalue weighted by atomic mass is 9.91. The Bertz CT molecular complexity index is 1130. The van der Waals surface area contributed by atoms with Crippen molar-refractivity contribution in [3.63, 3.8) is 0 Å². The van der Waals surface area contributed by atoms with Gasteiger partial charge in [-0.3, -0.25) is 19.3 Å². The van der Waals surface area contributed by atoms with Gasteiger partial charge in [-0.15, -0.1) is 0 Å². The molecule has 2 atom stereocenters. The number of nitrogens with one attached hydrogen (secondary N) is 2. The number of nitrogens with zero attached hydrogens (tertiary/aromatic N) is 2. The number of carbonyl (C=O) groups excluding carboxylic acids is 3. The van der Waals surface area contributed by atoms with Gasteiger partial charge < -0.3 is 26.3 Å². The Kier molecular flexibility index (Phi) is 7.69. The van der Waals surface area contributed by atoms with Crippen LogP contribution in [-0.4, -0.2) is 53.2 Å². The number of hydrazone groups is 1. The Morgan fingerprint density at radius 1 is 1.20 bits per heavy atom. The number of imide groups is 1. The van der Waals surface area contributed by atoms with Crippen LogP contribution in [0.1, 0.15) is 43.0 Å². The first kappa shape index (κ1) is 25.2. The number of urea groups is 1. The first-order valence-electron chi connectivity index (χ1n) is 10.9. The largest absolute Gasteiger partial charge is 0.494 e. The minimum Gasteiger partial charge on any atom is -0.494 e. The molecule has 3 rings (SSSR count). The summed E-state index contributed by atoms with van der Waals surface area (Å²) < 4.78 is 5.39. The van der Waals surface area contributed by atoms with E-state index in [0.29, 0.717) is 29.0 Å². The fraction of sp³-hybridized carbons (Fsp3) is 0.292. The molecule has 11 nitrogen and oxygen atoms in total. The molecule has 0 radical (unpaired) electrons. The van der Waals surface area contributed by atoms with E-state index in [4.69, 9.17) is 10.6 Å². The summed E-state index contributed by atoms with van der Waals surface area (Å²) >= 11 is 0. The number of aliphatic carboxylic acids is 1. The van der Waals surface area contributed by atoms with Gasteiger partial charge in [0.05, 0.1) is 25.3 Å². The number of rotatable bonds is 10. The van der Waals surface area contributed by atoms with Gasteiger partial charge >= 0.3 is 12.0 Å². The lowest BCUT2D eigenvalue weighted by molar-refractivity contribution is -0.138. The quantitative estimate of drug-likeness (QED) is 0.173. The number of ether oxygens (including phenoxy) is 1. The molecule has 2 aromatic rings. The van der Waals surface area contributed by atoms with Crippen LogP contribution in [-0.2, 0) is 19.9 Å². The van der Waals surface area contributed by atoms with Crippen molar-refractivity contribution in [2.75, 3.05) is 13.2 Å². The van der Waals surface area contributed by atoms with Crippen molar-refractivity contribution in [3.05, 3.63) is 65.2 Å². The van der Waals surface area contributed by atoms with Crippen molar-refractivity contribution in [3.8, 4) is 5.75 Å². The average Bonchev–Trinajstić information content (AvgIpc) is 3.03. The summed E-state index contributed by atoms with van der Waals surface area (Å²) in [5.41, 5.74) is 0.413. The zero-order chi connectivity index (χ0) is 25.6. The van der Waals surface area contributed by atoms with Crippen molar-refractivity contribution in [2.45, 2.75) is 31.8 Å². The van der Waals surface area contributed by atoms with Crippen LogP contribution in [0.2, 0.25) is 0 Å². The average molecular weight is 482 g/mol. The summed E-state index contributed by atoms with van der Waals surface area (Å²) in [6.45, 7) is 3.30. The van der Waals surface area contributed by atoms with Crippen LogP contribution >= 0.6 is 0 Å². The number of nitrogens with two attached hydrogens (primary N) is 1. The molecule has 2 unspecified atom stereocenters. The van der Waals surface area contributed by atoms with E-state index in [0.717, 1.165) is 4.90 Å². The molecule has 0 bridgehead atoms. The first-order valence-corrected chi connectivity index (χ1v) is 10.9. The molecule has 1 fully saturated rings. The van der Waals surface area contributed by atoms with Crippen LogP contribution in [0.3, 0.4) is 0 Å². The topological polar surface area (TPSA) is 163 Å². The molecule has 184 valence electrons. The molecule has 0 spiro atoms. The van der Waals surface area contributed by atoms with E-state index in [1.807, 2.05) is 6.92 Å². The van der Waals surface area contributed by atoms with Crippen LogP contribution in [0.25, 0.3) is 0 Å². The summed E-state index contributed by atoms with van der Waals surface area (Å²) in [7, 11) is 0. The number of carboxylic acids is 1. The van der Waals surface area contributed by atoms with E-state index in [2.05, 4.69) is 15.7 Å². The zero-order valence-electron chi connectivity index (χ0n) is 19.4. The fourth-order valence-corrected chi connectivity index (χ4v) is 3.80. The molecular weight excluding hydrogens is 454 g/mol. The molecule has 1 aliphatic heterocycles. The number of carboxylic acid groups (broad SMARTS) is 1. The maximum atomic E-state index is 13.1. The van der Waals surface area contributed by atoms with E-state index >= 15 is 0 Å². The van der Waals surface area contributed by atoms with Gasteiger partial charge in [-0.1, -0.05) is 36.4 Å². The Morgan fingerprint density at radius 2 is 1.86 bits per heavy atom. The van der Waals surface area contributed by atoms with E-state index < -0.39 is 41.9 Å². The van der Waals surface area contributed by atoms with Gasteiger partial charge in [-0.25, -0.2) is 4.79 Å². The van der Waals surface area contributed by atoms with Crippen molar-refractivity contribution >= 4 is 30.0 Å². The monoisotopic (exact) mass is 481 g/mol. The highest BCUT2D eigenvalue weighted by molar-refractivity contribution is 6.09. The molecule has 1 saturated heterocycles. The highest BCUT2D eigenvalue weighted by Gasteiger charge is 2.49. The Hall–Kier alpha value is -4.41. The van der Waals surface area contributed by atoms with E-state index in [1.165, 1.54) is 6.21 Å². The Labute approximate surface area is 201 Å². The molecule has 5 N–H and O–H groups in total. The number of carbonyl (C=O) groups is 4. The van der Waals surface area contributed by atoms with Gasteiger partial charge in [-0.2, -0.15) is 5.10 Å². The van der Waals surface area contributed by atoms with E-state index in [9.17, 15) is 24.3 Å². The van der Waals surface area contributed by atoms with E-state index in [1.54, 1.807) is 55.5 Å². The van der Waals surface area contributed by atoms with Crippen LogP contribution in [0.4, 0.5) is 4.79 Å². The highest BCUT2D eigenvalue weighted by atomic mass is 16.5. The Balaban J connectivity index is 1.73. The number of amides is 4. The van der Waals surface area contributed by atoms with E-state index in [-0.39, 0.29) is 6.42 Å². The second-order valence-electron chi connectivity index (χ2n) is 8.07. The molecule has 4 amide bonds. The van der Waals surface area contributed by atoms with Crippen LogP contribution < -0.4 is 21.2 Å². The third-order valence-corrected chi connectivity index (χ3v) is 5.60. The predicted octanol–water partition coefficient (Wildman–Crippen LogP) is 1.48. The van der Waals surface area contributed by atoms with Crippen LogP contribution in [0.5, 0.6) is 5.75 Å². The summed E-state index contributed by atoms with van der Waals surface area (Å²) in [4.78, 5) is 50.6. The van der Waals surface area contributed by atoms with Gasteiger partial charge in [0.1, 0.15) is 17.8 Å². The zero-order valence-corrected chi connectivity index (χ0v) is 19.4. The third kappa shape index (κ3) is 5.75. The summed E-state index contributed by atoms with van der Waals surface area (Å²) in [5.74, 6) is 3.36. The lowest BCUT2D eigenvalue weighted by Crippen LogP contribution is -2.44. The summed E-state index contributed by atoms with van der Waals surface area (Å²) in [6.07, 6.45) is 1.06. The third-order valence-electron chi connectivity index (χ3n) is 5.60. The van der Waals surface area contributed by atoms with Gasteiger partial charge in [0.2, 0.25) is 5.91 Å². The molecule has 0 aromatic heterocycles. The normalized spacial score (nSPS) is 18.4. The molecule has 0 saturated carbocycles. The SMILES string of the molecule is CCOc1ccc(C(CC(=O)O)NC(=O)CN2C(=O)NC(C)(c3ccc(C=NN)cc3)C2=O)cc1. The second kappa shape index (κ2) is 10.7.